The molecule has 1 aliphatic rings. The lowest BCUT2D eigenvalue weighted by molar-refractivity contribution is -0.910. The first-order valence-corrected chi connectivity index (χ1v) is 10.3. The molecule has 0 spiro atoms. The Morgan fingerprint density at radius 1 is 1.21 bits per heavy atom. The van der Waals surface area contributed by atoms with Crippen LogP contribution in [-0.4, -0.2) is 39.0 Å². The van der Waals surface area contributed by atoms with Crippen LogP contribution in [-0.2, 0) is 4.79 Å². The van der Waals surface area contributed by atoms with Crippen LogP contribution in [0.25, 0.3) is 0 Å². The highest BCUT2D eigenvalue weighted by Crippen LogP contribution is 2.31. The number of hydrogen-bond acceptors (Lipinski definition) is 4. The summed E-state index contributed by atoms with van der Waals surface area (Å²) in [5.74, 6) is -1.06. The number of benzene rings is 2. The molecular weight excluding hydrogens is 398 g/mol. The molecule has 2 aromatic rings. The van der Waals surface area contributed by atoms with E-state index in [1.807, 2.05) is 18.2 Å². The number of hydrogen-bond donors (Lipinski definition) is 2. The van der Waals surface area contributed by atoms with E-state index in [4.69, 9.17) is 9.47 Å². The van der Waals surface area contributed by atoms with Gasteiger partial charge in [-0.05, 0) is 36.4 Å². The highest BCUT2D eigenvalue weighted by molar-refractivity contribution is 7.99. The van der Waals surface area contributed by atoms with Crippen LogP contribution in [0.2, 0.25) is 0 Å². The third-order valence-corrected chi connectivity index (χ3v) is 5.77. The Balaban J connectivity index is 1.64. The molecule has 8 heteroatoms. The zero-order chi connectivity index (χ0) is 20.8. The number of nitrogens with one attached hydrogen (secondary N) is 2. The molecule has 1 fully saturated rings. The molecule has 2 N–H and O–H groups in total. The van der Waals surface area contributed by atoms with Gasteiger partial charge in [-0.2, -0.15) is 8.78 Å². The molecule has 3 rings (SSSR count). The van der Waals surface area contributed by atoms with E-state index in [1.165, 1.54) is 4.90 Å². The van der Waals surface area contributed by atoms with E-state index >= 15 is 0 Å². The van der Waals surface area contributed by atoms with E-state index in [9.17, 15) is 13.6 Å². The average molecular weight is 424 g/mol. The number of quaternary nitrogens is 1. The molecule has 0 radical (unpaired) electrons. The Bertz CT molecular complexity index is 833. The van der Waals surface area contributed by atoms with Crippen molar-refractivity contribution in [3.05, 3.63) is 48.0 Å². The van der Waals surface area contributed by atoms with Gasteiger partial charge in [0.05, 0.1) is 26.3 Å². The third kappa shape index (κ3) is 5.61. The quantitative estimate of drug-likeness (QED) is 0.640. The summed E-state index contributed by atoms with van der Waals surface area (Å²) in [6.45, 7) is 1.23. The zero-order valence-electron chi connectivity index (χ0n) is 16.4. The normalized spacial score (nSPS) is 18.7. The molecule has 0 aromatic heterocycles. The van der Waals surface area contributed by atoms with Crippen LogP contribution in [0.1, 0.15) is 24.4 Å². The minimum absolute atomic E-state index is 0.103. The van der Waals surface area contributed by atoms with Crippen molar-refractivity contribution >= 4 is 23.4 Å². The molecule has 1 aliphatic heterocycles. The van der Waals surface area contributed by atoms with E-state index in [0.717, 1.165) is 36.4 Å². The monoisotopic (exact) mass is 423 g/mol. The summed E-state index contributed by atoms with van der Waals surface area (Å²) in [5, 5.41) is 2.86. The van der Waals surface area contributed by atoms with E-state index in [-0.39, 0.29) is 11.9 Å². The molecule has 156 valence electrons. The Morgan fingerprint density at radius 2 is 1.97 bits per heavy atom. The number of carbonyl (C=O) groups is 1. The molecule has 1 heterocycles. The number of anilines is 1. The van der Waals surface area contributed by atoms with Crippen LogP contribution in [0.4, 0.5) is 14.5 Å². The molecule has 2 atom stereocenters. The van der Waals surface area contributed by atoms with Crippen molar-refractivity contribution in [3.8, 4) is 11.5 Å². The van der Waals surface area contributed by atoms with E-state index < -0.39 is 5.76 Å². The van der Waals surface area contributed by atoms with Gasteiger partial charge in [0.2, 0.25) is 0 Å². The molecule has 1 amide bonds. The second kappa shape index (κ2) is 9.93. The first kappa shape index (κ1) is 21.4. The lowest BCUT2D eigenvalue weighted by atomic mass is 10.0. The summed E-state index contributed by atoms with van der Waals surface area (Å²) in [4.78, 5) is 14.2. The largest absolute Gasteiger partial charge is 0.497 e. The molecule has 29 heavy (non-hydrogen) atoms. The van der Waals surface area contributed by atoms with Crippen molar-refractivity contribution in [2.75, 3.05) is 32.6 Å². The second-order valence-corrected chi connectivity index (χ2v) is 7.90. The molecule has 2 aromatic carbocycles. The maximum atomic E-state index is 12.6. The van der Waals surface area contributed by atoms with E-state index in [1.54, 1.807) is 38.5 Å². The third-order valence-electron chi connectivity index (χ3n) is 5.05. The van der Waals surface area contributed by atoms with Gasteiger partial charge in [-0.15, -0.1) is 0 Å². The number of halogens is 2. The van der Waals surface area contributed by atoms with Gasteiger partial charge in [-0.25, -0.2) is 0 Å². The van der Waals surface area contributed by atoms with Crippen molar-refractivity contribution in [1.82, 2.24) is 0 Å². The smallest absolute Gasteiger partial charge is 0.288 e. The minimum atomic E-state index is -2.46. The van der Waals surface area contributed by atoms with Gasteiger partial charge in [-0.3, -0.25) is 4.79 Å². The molecule has 1 unspecified atom stereocenters. The molecule has 5 nitrogen and oxygen atoms in total. The van der Waals surface area contributed by atoms with Crippen molar-refractivity contribution in [3.63, 3.8) is 0 Å². The number of likely N-dealkylation sites (tertiary alicyclic amines) is 1. The minimum Gasteiger partial charge on any atom is -0.497 e. The van der Waals surface area contributed by atoms with Crippen molar-refractivity contribution < 1.29 is 27.9 Å². The van der Waals surface area contributed by atoms with Gasteiger partial charge in [-0.1, -0.05) is 11.8 Å². The number of ether oxygens (including phenoxy) is 2. The fraction of sp³-hybridized carbons (Fsp3) is 0.381. The second-order valence-electron chi connectivity index (χ2n) is 6.84. The van der Waals surface area contributed by atoms with E-state index in [0.29, 0.717) is 28.9 Å². The lowest BCUT2D eigenvalue weighted by Crippen LogP contribution is -3.11. The van der Waals surface area contributed by atoms with Crippen molar-refractivity contribution in [2.45, 2.75) is 29.5 Å². The fourth-order valence-corrected chi connectivity index (χ4v) is 4.23. The first-order chi connectivity index (χ1) is 14.0. The van der Waals surface area contributed by atoms with Crippen LogP contribution >= 0.6 is 11.8 Å². The summed E-state index contributed by atoms with van der Waals surface area (Å²) in [5.41, 5.74) is 1.67. The van der Waals surface area contributed by atoms with Gasteiger partial charge in [0.25, 0.3) is 11.7 Å². The maximum Gasteiger partial charge on any atom is 0.288 e. The fourth-order valence-electron chi connectivity index (χ4n) is 3.74. The lowest BCUT2D eigenvalue weighted by Gasteiger charge is -2.23. The molecule has 1 saturated heterocycles. The summed E-state index contributed by atoms with van der Waals surface area (Å²) >= 11 is 0.485. The van der Waals surface area contributed by atoms with Gasteiger partial charge >= 0.3 is 0 Å². The Hall–Kier alpha value is -2.32. The standard InChI is InChI=1S/C21H24F2N2O3S/c1-27-15-7-10-17(19(12-15)28-2)18-4-3-11-25(18)13-20(26)24-14-5-8-16(9-6-14)29-21(22)23/h5-10,12,18,21H,3-4,11,13H2,1-2H3,(H,24,26)/p+1/t18-/m1/s1. The summed E-state index contributed by atoms with van der Waals surface area (Å²) in [6, 6.07) is 12.4. The molecular formula is C21H25F2N2O3S+. The predicted octanol–water partition coefficient (Wildman–Crippen LogP) is 3.38. The first-order valence-electron chi connectivity index (χ1n) is 9.41. The summed E-state index contributed by atoms with van der Waals surface area (Å²) in [7, 11) is 3.25. The van der Waals surface area contributed by atoms with Crippen LogP contribution in [0.5, 0.6) is 11.5 Å². The van der Waals surface area contributed by atoms with Crippen LogP contribution in [0.3, 0.4) is 0 Å². The topological polar surface area (TPSA) is 52.0 Å². The maximum absolute atomic E-state index is 12.6. The average Bonchev–Trinajstić information content (AvgIpc) is 3.16. The number of methoxy groups -OCH3 is 2. The number of rotatable bonds is 8. The van der Waals surface area contributed by atoms with E-state index in [2.05, 4.69) is 5.32 Å². The van der Waals surface area contributed by atoms with Crippen LogP contribution < -0.4 is 19.7 Å². The zero-order valence-corrected chi connectivity index (χ0v) is 17.2. The number of carbonyl (C=O) groups excluding carboxylic acids is 1. The van der Waals surface area contributed by atoms with Gasteiger partial charge in [0, 0.05) is 29.5 Å². The van der Waals surface area contributed by atoms with Gasteiger partial charge in [0.15, 0.2) is 6.54 Å². The Labute approximate surface area is 173 Å². The Morgan fingerprint density at radius 3 is 2.62 bits per heavy atom. The van der Waals surface area contributed by atoms with Crippen LogP contribution in [0.15, 0.2) is 47.4 Å². The number of amides is 1. The van der Waals surface area contributed by atoms with Crippen LogP contribution in [0, 0.1) is 0 Å². The molecule has 0 saturated carbocycles. The molecule has 0 aliphatic carbocycles. The predicted molar refractivity (Wildman–Crippen MR) is 109 cm³/mol. The number of thioether (sulfide) groups is 1. The molecule has 0 bridgehead atoms. The highest BCUT2D eigenvalue weighted by Gasteiger charge is 2.33. The SMILES string of the molecule is COc1ccc([C@H]2CCC[NH+]2CC(=O)Nc2ccc(SC(F)F)cc2)c(OC)c1. The van der Waals surface area contributed by atoms with Crippen molar-refractivity contribution in [2.24, 2.45) is 0 Å². The Kier molecular flexibility index (Phi) is 7.33. The summed E-state index contributed by atoms with van der Waals surface area (Å²) < 4.78 is 35.6. The highest BCUT2D eigenvalue weighted by atomic mass is 32.2. The van der Waals surface area contributed by atoms with Gasteiger partial charge < -0.3 is 19.7 Å². The number of alkyl halides is 2. The summed E-state index contributed by atoms with van der Waals surface area (Å²) in [6.07, 6.45) is 2.01. The van der Waals surface area contributed by atoms with Gasteiger partial charge in [0.1, 0.15) is 17.5 Å². The van der Waals surface area contributed by atoms with Crippen molar-refractivity contribution in [1.29, 1.82) is 0 Å².